The highest BCUT2D eigenvalue weighted by atomic mass is 35.5. The quantitative estimate of drug-likeness (QED) is 0.320. The number of halogens is 2. The second-order valence-electron chi connectivity index (χ2n) is 7.64. The Bertz CT molecular complexity index is 1730. The van der Waals surface area contributed by atoms with Crippen LogP contribution in [0.4, 0.5) is 16.0 Å². The van der Waals surface area contributed by atoms with Crippen LogP contribution in [0.15, 0.2) is 60.0 Å². The van der Waals surface area contributed by atoms with E-state index in [1.807, 2.05) is 6.92 Å². The molecule has 10 nitrogen and oxygen atoms in total. The first kappa shape index (κ1) is 23.7. The number of hydrogen-bond donors (Lipinski definition) is 2. The number of methoxy groups -OCH3 is 1. The van der Waals surface area contributed by atoms with Gasteiger partial charge in [-0.15, -0.1) is 0 Å². The first-order valence-electron chi connectivity index (χ1n) is 10.7. The van der Waals surface area contributed by atoms with Crippen molar-refractivity contribution in [1.82, 2.24) is 24.3 Å². The Morgan fingerprint density at radius 2 is 1.92 bits per heavy atom. The summed E-state index contributed by atoms with van der Waals surface area (Å²) in [5.41, 5.74) is 1.74. The maximum absolute atomic E-state index is 15.1. The third-order valence-corrected chi connectivity index (χ3v) is 6.90. The lowest BCUT2D eigenvalue weighted by Crippen LogP contribution is -2.15. The van der Waals surface area contributed by atoms with E-state index in [-0.39, 0.29) is 27.0 Å². The fourth-order valence-electron chi connectivity index (χ4n) is 3.77. The molecule has 0 atom stereocenters. The number of fused-ring (bicyclic) bond motifs is 3. The van der Waals surface area contributed by atoms with Crippen LogP contribution in [0.1, 0.15) is 6.92 Å². The van der Waals surface area contributed by atoms with E-state index in [4.69, 9.17) is 16.3 Å². The van der Waals surface area contributed by atoms with Crippen LogP contribution in [0.25, 0.3) is 27.8 Å². The Labute approximate surface area is 210 Å². The molecule has 0 bridgehead atoms. The van der Waals surface area contributed by atoms with E-state index in [1.165, 1.54) is 37.6 Å². The molecule has 4 aromatic heterocycles. The topological polar surface area (TPSA) is 123 Å². The maximum atomic E-state index is 15.1. The molecule has 0 unspecified atom stereocenters. The van der Waals surface area contributed by atoms with Crippen LogP contribution in [-0.2, 0) is 10.0 Å². The SMILES string of the molecule is CCNc1ncc2cc(-c3cc(NS(=O)(=O)c4cc(Cl)cnc4OC)ccc3F)c3nccn3c2n1. The molecule has 0 radical (unpaired) electrons. The van der Waals surface area contributed by atoms with Crippen molar-refractivity contribution >= 4 is 49.9 Å². The molecule has 5 aromatic rings. The minimum Gasteiger partial charge on any atom is -0.480 e. The number of imidazole rings is 1. The molecule has 0 fully saturated rings. The number of rotatable bonds is 7. The van der Waals surface area contributed by atoms with Gasteiger partial charge in [0.05, 0.1) is 12.1 Å². The van der Waals surface area contributed by atoms with Crippen LogP contribution in [0, 0.1) is 5.82 Å². The van der Waals surface area contributed by atoms with Gasteiger partial charge in [-0.1, -0.05) is 11.6 Å². The smallest absolute Gasteiger partial charge is 0.267 e. The molecule has 0 saturated carbocycles. The third kappa shape index (κ3) is 4.25. The second kappa shape index (κ2) is 9.21. The number of pyridine rings is 2. The normalized spacial score (nSPS) is 11.7. The fraction of sp³-hybridized carbons (Fsp3) is 0.130. The number of aromatic nitrogens is 5. The van der Waals surface area contributed by atoms with E-state index in [0.717, 1.165) is 0 Å². The average molecular weight is 528 g/mol. The number of sulfonamides is 1. The molecular formula is C23H19ClFN7O3S. The predicted octanol–water partition coefficient (Wildman–Crippen LogP) is 4.37. The average Bonchev–Trinajstić information content (AvgIpc) is 3.35. The van der Waals surface area contributed by atoms with Gasteiger partial charge >= 0.3 is 0 Å². The lowest BCUT2D eigenvalue weighted by molar-refractivity contribution is 0.385. The van der Waals surface area contributed by atoms with E-state index in [9.17, 15) is 8.42 Å². The molecule has 0 saturated heterocycles. The number of nitrogens with zero attached hydrogens (tertiary/aromatic N) is 5. The molecule has 1 aromatic carbocycles. The van der Waals surface area contributed by atoms with Crippen LogP contribution in [-0.4, -0.2) is 46.4 Å². The Morgan fingerprint density at radius 1 is 1.08 bits per heavy atom. The summed E-state index contributed by atoms with van der Waals surface area (Å²) in [7, 11) is -2.86. The standard InChI is InChI=1S/C23H19ClFN7O3S/c1-3-26-23-29-11-13-8-17(21-27-6-7-32(21)20(13)30-23)16-10-15(4-5-18(16)25)31-36(33,34)19-9-14(24)12-28-22(19)35-2/h4-12,31H,3H2,1-2H3,(H,26,29,30). The molecular weight excluding hydrogens is 509 g/mol. The van der Waals surface area contributed by atoms with E-state index in [2.05, 4.69) is 30.0 Å². The molecule has 13 heteroatoms. The first-order chi connectivity index (χ1) is 17.3. The van der Waals surface area contributed by atoms with Crippen molar-refractivity contribution in [3.8, 4) is 17.0 Å². The zero-order valence-corrected chi connectivity index (χ0v) is 20.6. The molecule has 0 aliphatic heterocycles. The maximum Gasteiger partial charge on any atom is 0.267 e. The Hall–Kier alpha value is -4.03. The fourth-order valence-corrected chi connectivity index (χ4v) is 5.19. The number of anilines is 2. The summed E-state index contributed by atoms with van der Waals surface area (Å²) in [6, 6.07) is 6.82. The minimum absolute atomic E-state index is 0.119. The minimum atomic E-state index is -4.16. The van der Waals surface area contributed by atoms with E-state index < -0.39 is 15.8 Å². The van der Waals surface area contributed by atoms with E-state index in [0.29, 0.717) is 34.7 Å². The molecule has 36 heavy (non-hydrogen) atoms. The van der Waals surface area contributed by atoms with Gasteiger partial charge in [0.1, 0.15) is 11.5 Å². The van der Waals surface area contributed by atoms with E-state index >= 15 is 4.39 Å². The number of nitrogens with one attached hydrogen (secondary N) is 2. The summed E-state index contributed by atoms with van der Waals surface area (Å²) >= 11 is 5.95. The predicted molar refractivity (Wildman–Crippen MR) is 134 cm³/mol. The molecule has 0 spiro atoms. The van der Waals surface area contributed by atoms with Gasteiger partial charge in [0, 0.05) is 53.5 Å². The van der Waals surface area contributed by atoms with Gasteiger partial charge in [-0.3, -0.25) is 9.12 Å². The number of ether oxygens (including phenoxy) is 1. The molecule has 4 heterocycles. The van der Waals surface area contributed by atoms with Gasteiger partial charge in [-0.05, 0) is 37.3 Å². The highest BCUT2D eigenvalue weighted by Gasteiger charge is 2.23. The first-order valence-corrected chi connectivity index (χ1v) is 12.6. The van der Waals surface area contributed by atoms with Gasteiger partial charge in [0.15, 0.2) is 10.5 Å². The Kier molecular flexibility index (Phi) is 6.06. The lowest BCUT2D eigenvalue weighted by atomic mass is 10.0. The summed E-state index contributed by atoms with van der Waals surface area (Å²) < 4.78 is 50.5. The van der Waals surface area contributed by atoms with Crippen molar-refractivity contribution in [2.75, 3.05) is 23.7 Å². The van der Waals surface area contributed by atoms with Crippen molar-refractivity contribution < 1.29 is 17.5 Å². The molecule has 5 rings (SSSR count). The Morgan fingerprint density at radius 3 is 2.69 bits per heavy atom. The van der Waals surface area contributed by atoms with Crippen molar-refractivity contribution in [3.05, 3.63) is 66.0 Å². The number of benzene rings is 1. The van der Waals surface area contributed by atoms with Gasteiger partial charge in [0.2, 0.25) is 11.8 Å². The zero-order valence-electron chi connectivity index (χ0n) is 19.0. The van der Waals surface area contributed by atoms with Crippen LogP contribution in [0.5, 0.6) is 5.88 Å². The van der Waals surface area contributed by atoms with Crippen molar-refractivity contribution in [1.29, 1.82) is 0 Å². The number of hydrogen-bond acceptors (Lipinski definition) is 8. The zero-order chi connectivity index (χ0) is 25.4. The molecule has 0 aliphatic carbocycles. The third-order valence-electron chi connectivity index (χ3n) is 5.32. The van der Waals surface area contributed by atoms with Gasteiger partial charge in [-0.25, -0.2) is 27.8 Å². The second-order valence-corrected chi connectivity index (χ2v) is 9.73. The summed E-state index contributed by atoms with van der Waals surface area (Å²) in [4.78, 5) is 16.9. The molecule has 0 amide bonds. The highest BCUT2D eigenvalue weighted by Crippen LogP contribution is 2.33. The van der Waals surface area contributed by atoms with Gasteiger partial charge in [0.25, 0.3) is 10.0 Å². The largest absolute Gasteiger partial charge is 0.480 e. The summed E-state index contributed by atoms with van der Waals surface area (Å²) in [5.74, 6) is -0.226. The van der Waals surface area contributed by atoms with Crippen LogP contribution in [0.2, 0.25) is 5.02 Å². The monoisotopic (exact) mass is 527 g/mol. The summed E-state index contributed by atoms with van der Waals surface area (Å²) in [5, 5.41) is 3.83. The van der Waals surface area contributed by atoms with Crippen molar-refractivity contribution in [2.24, 2.45) is 0 Å². The molecule has 2 N–H and O–H groups in total. The van der Waals surface area contributed by atoms with Crippen LogP contribution in [0.3, 0.4) is 0 Å². The van der Waals surface area contributed by atoms with Crippen molar-refractivity contribution in [2.45, 2.75) is 11.8 Å². The lowest BCUT2D eigenvalue weighted by Gasteiger charge is -2.13. The van der Waals surface area contributed by atoms with Gasteiger partial charge in [-0.2, -0.15) is 4.98 Å². The molecule has 184 valence electrons. The van der Waals surface area contributed by atoms with Gasteiger partial charge < -0.3 is 10.1 Å². The van der Waals surface area contributed by atoms with Crippen LogP contribution < -0.4 is 14.8 Å². The van der Waals surface area contributed by atoms with E-state index in [1.54, 1.807) is 29.1 Å². The van der Waals surface area contributed by atoms with Crippen molar-refractivity contribution in [3.63, 3.8) is 0 Å². The highest BCUT2D eigenvalue weighted by molar-refractivity contribution is 7.92. The summed E-state index contributed by atoms with van der Waals surface area (Å²) in [6.07, 6.45) is 6.20. The van der Waals surface area contributed by atoms with Crippen LogP contribution >= 0.6 is 11.6 Å². The molecule has 0 aliphatic rings. The summed E-state index contributed by atoms with van der Waals surface area (Å²) in [6.45, 7) is 2.59. The Balaban J connectivity index is 1.61.